The number of methoxy groups -OCH3 is 2. The molecule has 0 aliphatic heterocycles. The van der Waals surface area contributed by atoms with Crippen molar-refractivity contribution in [2.75, 3.05) is 48.7 Å². The van der Waals surface area contributed by atoms with Crippen molar-refractivity contribution in [1.82, 2.24) is 9.97 Å². The Bertz CT molecular complexity index is 1340. The monoisotopic (exact) mass is 574 g/mol. The second kappa shape index (κ2) is 13.7. The highest BCUT2D eigenvalue weighted by molar-refractivity contribution is 6.41. The summed E-state index contributed by atoms with van der Waals surface area (Å²) >= 11 is 12.7. The van der Waals surface area contributed by atoms with E-state index in [1.807, 2.05) is 6.07 Å². The molecule has 0 aliphatic carbocycles. The van der Waals surface area contributed by atoms with Crippen LogP contribution in [0.1, 0.15) is 12.0 Å². The van der Waals surface area contributed by atoms with Crippen LogP contribution < -0.4 is 30.3 Å². The summed E-state index contributed by atoms with van der Waals surface area (Å²) in [6.07, 6.45) is 3.67. The minimum Gasteiger partial charge on any atom is -0.495 e. The zero-order valence-corrected chi connectivity index (χ0v) is 23.1. The molecule has 3 rings (SSSR count). The number of amides is 3. The number of halogens is 2. The molecule has 0 unspecified atom stereocenters. The fourth-order valence-electron chi connectivity index (χ4n) is 3.45. The van der Waals surface area contributed by atoms with Gasteiger partial charge in [-0.25, -0.2) is 14.8 Å². The molecule has 0 aliphatic rings. The van der Waals surface area contributed by atoms with Crippen LogP contribution in [0.25, 0.3) is 0 Å². The van der Waals surface area contributed by atoms with Gasteiger partial charge in [0.25, 0.3) is 0 Å². The Morgan fingerprint density at radius 2 is 1.74 bits per heavy atom. The standard InChI is InChI=1S/C26H28Cl2N6O5/c1-5-22(36)32-17-11-15(7-6-10-35)8-9-16(17)31-20-13-21(30-14-29-20)34(2)26(37)33-25-23(27)18(38-3)12-19(39-4)24(25)28/h5,8-9,11-14,35H,1,6-7,10H2,2-4H3,(H,32,36)(H,33,37)(H,29,30,31). The number of hydrogen-bond acceptors (Lipinski definition) is 8. The number of nitrogens with zero attached hydrogens (tertiary/aromatic N) is 3. The van der Waals surface area contributed by atoms with Crippen LogP contribution in [0.4, 0.5) is 33.5 Å². The molecule has 0 saturated carbocycles. The third-order valence-electron chi connectivity index (χ3n) is 5.52. The number of carbonyl (C=O) groups is 2. The van der Waals surface area contributed by atoms with Crippen LogP contribution >= 0.6 is 23.2 Å². The van der Waals surface area contributed by atoms with E-state index >= 15 is 0 Å². The number of aliphatic hydroxyl groups excluding tert-OH is 1. The zero-order chi connectivity index (χ0) is 28.5. The fourth-order valence-corrected chi connectivity index (χ4v) is 4.05. The SMILES string of the molecule is C=CC(=O)Nc1cc(CCCO)ccc1Nc1cc(N(C)C(=O)Nc2c(Cl)c(OC)cc(OC)c2Cl)ncn1. The van der Waals surface area contributed by atoms with E-state index < -0.39 is 6.03 Å². The quantitative estimate of drug-likeness (QED) is 0.227. The number of aliphatic hydroxyl groups is 1. The summed E-state index contributed by atoms with van der Waals surface area (Å²) in [5, 5.41) is 17.9. The summed E-state index contributed by atoms with van der Waals surface area (Å²) in [5.74, 6) is 0.764. The summed E-state index contributed by atoms with van der Waals surface area (Å²) in [6.45, 7) is 3.55. The third kappa shape index (κ3) is 7.29. The van der Waals surface area contributed by atoms with Crippen LogP contribution in [-0.4, -0.2) is 54.9 Å². The van der Waals surface area contributed by atoms with Crippen molar-refractivity contribution in [2.45, 2.75) is 12.8 Å². The molecule has 2 aromatic carbocycles. The molecule has 0 radical (unpaired) electrons. The highest BCUT2D eigenvalue weighted by Gasteiger charge is 2.22. The summed E-state index contributed by atoms with van der Waals surface area (Å²) in [5.41, 5.74) is 2.09. The predicted octanol–water partition coefficient (Wildman–Crippen LogP) is 5.26. The molecule has 4 N–H and O–H groups in total. The molecule has 0 bridgehead atoms. The average Bonchev–Trinajstić information content (AvgIpc) is 2.95. The Morgan fingerprint density at radius 3 is 2.36 bits per heavy atom. The number of aromatic nitrogens is 2. The number of urea groups is 1. The van der Waals surface area contributed by atoms with Crippen LogP contribution in [0, 0.1) is 0 Å². The molecule has 3 amide bonds. The van der Waals surface area contributed by atoms with Crippen LogP contribution in [0.3, 0.4) is 0 Å². The second-order valence-electron chi connectivity index (χ2n) is 8.06. The second-order valence-corrected chi connectivity index (χ2v) is 8.82. The van der Waals surface area contributed by atoms with Gasteiger partial charge in [-0.2, -0.15) is 0 Å². The number of hydrogen-bond donors (Lipinski definition) is 4. The normalized spacial score (nSPS) is 10.4. The average molecular weight is 575 g/mol. The Kier molecular flexibility index (Phi) is 10.3. The maximum Gasteiger partial charge on any atom is 0.327 e. The topological polar surface area (TPSA) is 138 Å². The molecule has 39 heavy (non-hydrogen) atoms. The highest BCUT2D eigenvalue weighted by Crippen LogP contribution is 2.44. The summed E-state index contributed by atoms with van der Waals surface area (Å²) in [4.78, 5) is 34.7. The van der Waals surface area contributed by atoms with Crippen molar-refractivity contribution >= 4 is 63.8 Å². The van der Waals surface area contributed by atoms with Gasteiger partial charge in [-0.15, -0.1) is 0 Å². The van der Waals surface area contributed by atoms with Crippen LogP contribution in [0.2, 0.25) is 10.0 Å². The Balaban J connectivity index is 1.85. The van der Waals surface area contributed by atoms with Gasteiger partial charge >= 0.3 is 6.03 Å². The number of anilines is 5. The fraction of sp³-hybridized carbons (Fsp3) is 0.231. The maximum absolute atomic E-state index is 13.1. The van der Waals surface area contributed by atoms with Gasteiger partial charge in [0, 0.05) is 25.8 Å². The molecule has 0 atom stereocenters. The summed E-state index contributed by atoms with van der Waals surface area (Å²) in [7, 11) is 4.36. The van der Waals surface area contributed by atoms with Crippen LogP contribution in [0.15, 0.2) is 49.3 Å². The van der Waals surface area contributed by atoms with Gasteiger partial charge in [0.2, 0.25) is 5.91 Å². The van der Waals surface area contributed by atoms with E-state index in [4.69, 9.17) is 37.8 Å². The van der Waals surface area contributed by atoms with Crippen molar-refractivity contribution in [3.8, 4) is 11.5 Å². The lowest BCUT2D eigenvalue weighted by Crippen LogP contribution is -2.32. The molecule has 1 heterocycles. The largest absolute Gasteiger partial charge is 0.495 e. The Morgan fingerprint density at radius 1 is 1.05 bits per heavy atom. The molecule has 0 spiro atoms. The number of rotatable bonds is 11. The van der Waals surface area contributed by atoms with Crippen LogP contribution in [-0.2, 0) is 11.2 Å². The molecular formula is C26H28Cl2N6O5. The first-order valence-corrected chi connectivity index (χ1v) is 12.4. The van der Waals surface area contributed by atoms with Crippen molar-refractivity contribution in [3.05, 3.63) is 64.9 Å². The van der Waals surface area contributed by atoms with Crippen molar-refractivity contribution in [1.29, 1.82) is 0 Å². The number of benzene rings is 2. The Labute approximate surface area is 235 Å². The van der Waals surface area contributed by atoms with Gasteiger partial charge < -0.3 is 30.5 Å². The van der Waals surface area contributed by atoms with E-state index in [0.717, 1.165) is 11.6 Å². The minimum atomic E-state index is -0.592. The van der Waals surface area contributed by atoms with Crippen molar-refractivity contribution in [2.24, 2.45) is 0 Å². The van der Waals surface area contributed by atoms with E-state index in [-0.39, 0.29) is 45.6 Å². The smallest absolute Gasteiger partial charge is 0.327 e. The molecule has 13 heteroatoms. The van der Waals surface area contributed by atoms with Crippen LogP contribution in [0.5, 0.6) is 11.5 Å². The van der Waals surface area contributed by atoms with E-state index in [1.54, 1.807) is 18.2 Å². The van der Waals surface area contributed by atoms with Gasteiger partial charge in [-0.05, 0) is 36.6 Å². The van der Waals surface area contributed by atoms with E-state index in [9.17, 15) is 9.59 Å². The lowest BCUT2D eigenvalue weighted by molar-refractivity contribution is -0.111. The van der Waals surface area contributed by atoms with Gasteiger partial charge in [0.15, 0.2) is 0 Å². The molecule has 1 aromatic heterocycles. The van der Waals surface area contributed by atoms with Gasteiger partial charge in [0.1, 0.15) is 39.5 Å². The van der Waals surface area contributed by atoms with Gasteiger partial charge in [0.05, 0.1) is 31.3 Å². The number of carbonyl (C=O) groups excluding carboxylic acids is 2. The van der Waals surface area contributed by atoms with Gasteiger partial charge in [-0.3, -0.25) is 9.69 Å². The lowest BCUT2D eigenvalue weighted by atomic mass is 10.1. The molecule has 3 aromatic rings. The highest BCUT2D eigenvalue weighted by atomic mass is 35.5. The zero-order valence-electron chi connectivity index (χ0n) is 21.5. The molecular weight excluding hydrogens is 547 g/mol. The number of nitrogens with one attached hydrogen (secondary N) is 3. The van der Waals surface area contributed by atoms with E-state index in [1.165, 1.54) is 38.6 Å². The van der Waals surface area contributed by atoms with E-state index in [2.05, 4.69) is 32.5 Å². The van der Waals surface area contributed by atoms with Gasteiger partial charge in [-0.1, -0.05) is 35.8 Å². The first kappa shape index (κ1) is 29.5. The molecule has 0 saturated heterocycles. The molecule has 11 nitrogen and oxygen atoms in total. The molecule has 206 valence electrons. The predicted molar refractivity (Wildman–Crippen MR) is 153 cm³/mol. The van der Waals surface area contributed by atoms with Crippen molar-refractivity contribution < 1.29 is 24.2 Å². The number of ether oxygens (including phenoxy) is 2. The number of aryl methyl sites for hydroxylation is 1. The first-order valence-electron chi connectivity index (χ1n) is 11.6. The molecule has 0 fully saturated rings. The third-order valence-corrected chi connectivity index (χ3v) is 6.27. The maximum atomic E-state index is 13.1. The Hall–Kier alpha value is -4.06. The van der Waals surface area contributed by atoms with Crippen molar-refractivity contribution in [3.63, 3.8) is 0 Å². The van der Waals surface area contributed by atoms with E-state index in [0.29, 0.717) is 30.0 Å². The summed E-state index contributed by atoms with van der Waals surface area (Å²) < 4.78 is 10.5. The minimum absolute atomic E-state index is 0.0585. The first-order chi connectivity index (χ1) is 18.7. The summed E-state index contributed by atoms with van der Waals surface area (Å²) in [6, 6.07) is 7.93. The lowest BCUT2D eigenvalue weighted by Gasteiger charge is -2.20.